The van der Waals surface area contributed by atoms with E-state index in [9.17, 15) is 0 Å². The van der Waals surface area contributed by atoms with Crippen molar-refractivity contribution in [2.24, 2.45) is 0 Å². The van der Waals surface area contributed by atoms with Gasteiger partial charge in [-0.25, -0.2) is 0 Å². The van der Waals surface area contributed by atoms with Gasteiger partial charge in [-0.15, -0.1) is 0 Å². The van der Waals surface area contributed by atoms with Gasteiger partial charge in [0.2, 0.25) is 0 Å². The first-order chi connectivity index (χ1) is 32.0. The van der Waals surface area contributed by atoms with E-state index in [2.05, 4.69) is 222 Å². The second-order valence-corrected chi connectivity index (χ2v) is 25.4. The summed E-state index contributed by atoms with van der Waals surface area (Å²) in [4.78, 5) is 5.37. The average molecular weight is 889 g/mol. The van der Waals surface area contributed by atoms with E-state index in [1.165, 1.54) is 100 Å². The fourth-order valence-corrected chi connectivity index (χ4v) is 15.3. The number of hydrogen-bond donors (Lipinski definition) is 0. The molecule has 1 aromatic heterocycles. The molecule has 68 heavy (non-hydrogen) atoms. The third-order valence-electron chi connectivity index (χ3n) is 18.0. The molecule has 2 aliphatic heterocycles. The smallest absolute Gasteiger partial charge is 0.252 e. The first-order valence-electron chi connectivity index (χ1n) is 25.3. The largest absolute Gasteiger partial charge is 0.456 e. The number of benzene rings is 7. The highest BCUT2D eigenvalue weighted by molar-refractivity contribution is 7.00. The van der Waals surface area contributed by atoms with Crippen molar-refractivity contribution in [3.8, 4) is 0 Å². The Bertz CT molecular complexity index is 3570. The molecule has 0 amide bonds. The second-order valence-electron chi connectivity index (χ2n) is 25.4. The van der Waals surface area contributed by atoms with Gasteiger partial charge < -0.3 is 14.2 Å². The molecule has 0 saturated heterocycles. The first-order valence-corrected chi connectivity index (χ1v) is 25.3. The Morgan fingerprint density at radius 2 is 0.868 bits per heavy atom. The van der Waals surface area contributed by atoms with Crippen LogP contribution in [-0.4, -0.2) is 6.71 Å². The summed E-state index contributed by atoms with van der Waals surface area (Å²) >= 11 is 0. The molecule has 340 valence electrons. The van der Waals surface area contributed by atoms with E-state index in [1.54, 1.807) is 0 Å². The molecule has 13 rings (SSSR count). The minimum atomic E-state index is -0.191. The van der Waals surface area contributed by atoms with E-state index in [0.29, 0.717) is 0 Å². The minimum Gasteiger partial charge on any atom is -0.456 e. The second kappa shape index (κ2) is 13.0. The van der Waals surface area contributed by atoms with Crippen LogP contribution in [0.1, 0.15) is 152 Å². The maximum absolute atomic E-state index is 6.67. The maximum Gasteiger partial charge on any atom is 0.252 e. The van der Waals surface area contributed by atoms with Crippen molar-refractivity contribution in [1.82, 2.24) is 0 Å². The normalized spacial score (nSPS) is 19.8. The highest BCUT2D eigenvalue weighted by atomic mass is 16.3. The Morgan fingerprint density at radius 3 is 1.43 bits per heavy atom. The van der Waals surface area contributed by atoms with E-state index in [0.717, 1.165) is 40.5 Å². The van der Waals surface area contributed by atoms with Crippen molar-refractivity contribution >= 4 is 79.2 Å². The fraction of sp³-hybridized carbons (Fsp3) is 0.344. The van der Waals surface area contributed by atoms with Gasteiger partial charge >= 0.3 is 0 Å². The third kappa shape index (κ3) is 5.33. The van der Waals surface area contributed by atoms with Crippen molar-refractivity contribution in [2.75, 3.05) is 9.80 Å². The zero-order valence-corrected chi connectivity index (χ0v) is 42.8. The lowest BCUT2D eigenvalue weighted by Gasteiger charge is -2.47. The third-order valence-corrected chi connectivity index (χ3v) is 18.0. The van der Waals surface area contributed by atoms with Crippen LogP contribution in [0.5, 0.6) is 0 Å². The van der Waals surface area contributed by atoms with E-state index >= 15 is 0 Å². The molecule has 3 aliphatic carbocycles. The number of hydrogen-bond acceptors (Lipinski definition) is 3. The summed E-state index contributed by atoms with van der Waals surface area (Å²) in [6.07, 6.45) is 2.23. The maximum atomic E-state index is 6.67. The predicted octanol–water partition coefficient (Wildman–Crippen LogP) is 15.2. The van der Waals surface area contributed by atoms with Crippen LogP contribution < -0.4 is 26.2 Å². The summed E-state index contributed by atoms with van der Waals surface area (Å²) in [5.74, 6) is 0. The van der Waals surface area contributed by atoms with Crippen LogP contribution in [0.25, 0.3) is 21.9 Å². The molecule has 0 saturated carbocycles. The van der Waals surface area contributed by atoms with Gasteiger partial charge in [-0.1, -0.05) is 150 Å². The minimum absolute atomic E-state index is 0.0215. The van der Waals surface area contributed by atoms with Crippen LogP contribution in [0.2, 0.25) is 0 Å². The van der Waals surface area contributed by atoms with E-state index < -0.39 is 0 Å². The molecule has 0 bridgehead atoms. The number of anilines is 6. The van der Waals surface area contributed by atoms with Crippen molar-refractivity contribution in [1.29, 1.82) is 0 Å². The molecule has 4 heteroatoms. The Hall–Kier alpha value is -6.00. The molecule has 0 spiro atoms. The van der Waals surface area contributed by atoms with Crippen molar-refractivity contribution < 1.29 is 4.42 Å². The van der Waals surface area contributed by atoms with Crippen LogP contribution in [0.15, 0.2) is 120 Å². The molecular weight excluding hydrogens is 824 g/mol. The molecule has 5 aliphatic rings. The summed E-state index contributed by atoms with van der Waals surface area (Å²) in [5, 5.41) is 2.31. The molecule has 8 aromatic rings. The average Bonchev–Trinajstić information content (AvgIpc) is 3.81. The predicted molar refractivity (Wildman–Crippen MR) is 289 cm³/mol. The van der Waals surface area contributed by atoms with Crippen LogP contribution >= 0.6 is 0 Å². The van der Waals surface area contributed by atoms with Gasteiger partial charge in [0.1, 0.15) is 11.2 Å². The molecular formula is C64H65BN2O. The van der Waals surface area contributed by atoms with Crippen LogP contribution in [0, 0.1) is 13.8 Å². The van der Waals surface area contributed by atoms with Gasteiger partial charge in [0.15, 0.2) is 0 Å². The highest BCUT2D eigenvalue weighted by Gasteiger charge is 2.51. The SMILES string of the molecule is Cc1cc2c3c(c1)N(c1cccc4oc5ccccc5c14)c1cc4c(cc1B3c1cc3c(cc1N2c1cc2c(cc1C)C(C)(C)c1ccccc1C2(C)C)C(C)(C)CC3(C)C)C(C)(C)CC4(C)C. The summed E-state index contributed by atoms with van der Waals surface area (Å²) in [6, 6.07) is 45.2. The molecule has 0 radical (unpaired) electrons. The van der Waals surface area contributed by atoms with Crippen LogP contribution in [-0.2, 0) is 32.5 Å². The number of rotatable bonds is 2. The standard InChI is InChI=1S/C64H65BN2O/c1-36-26-53-58-54(27-36)67(50-33-46-45(28-37(50)2)63(11,12)39-21-16-17-22-40(39)64(46,13)14)52-32-44-42(60(5,6)35-62(44,9)10)30-48(52)65(58)47-29-41-43(61(7,8)34-59(41,3)4)31-51(47)66(53)49-23-19-25-56-57(49)38-20-15-18-24-55(38)68-56/h15-33H,34-35H2,1-14H3. The lowest BCUT2D eigenvalue weighted by molar-refractivity contribution is 0.403. The molecule has 3 nitrogen and oxygen atoms in total. The fourth-order valence-electron chi connectivity index (χ4n) is 15.3. The number of aryl methyl sites for hydroxylation is 2. The summed E-state index contributed by atoms with van der Waals surface area (Å²) in [7, 11) is 0. The number of nitrogens with zero attached hydrogens (tertiary/aromatic N) is 2. The van der Waals surface area contributed by atoms with Gasteiger partial charge in [-0.2, -0.15) is 0 Å². The lowest BCUT2D eigenvalue weighted by Crippen LogP contribution is -2.62. The zero-order valence-electron chi connectivity index (χ0n) is 42.8. The van der Waals surface area contributed by atoms with E-state index in [4.69, 9.17) is 4.42 Å². The van der Waals surface area contributed by atoms with Gasteiger partial charge in [-0.3, -0.25) is 0 Å². The number of para-hydroxylation sites is 1. The summed E-state index contributed by atoms with van der Waals surface area (Å²) in [6.45, 7) is 34.2. The first kappa shape index (κ1) is 42.1. The van der Waals surface area contributed by atoms with Gasteiger partial charge in [0.25, 0.3) is 6.71 Å². The zero-order chi connectivity index (χ0) is 47.6. The van der Waals surface area contributed by atoms with Crippen LogP contribution in [0.3, 0.4) is 0 Å². The van der Waals surface area contributed by atoms with Crippen molar-refractivity contribution in [2.45, 2.75) is 142 Å². The molecule has 0 atom stereocenters. The monoisotopic (exact) mass is 889 g/mol. The van der Waals surface area contributed by atoms with Crippen molar-refractivity contribution in [3.63, 3.8) is 0 Å². The van der Waals surface area contributed by atoms with E-state index in [-0.39, 0.29) is 39.2 Å². The topological polar surface area (TPSA) is 19.6 Å². The quantitative estimate of drug-likeness (QED) is 0.161. The molecule has 0 N–H and O–H groups in total. The van der Waals surface area contributed by atoms with Crippen molar-refractivity contribution in [3.05, 3.63) is 171 Å². The Morgan fingerprint density at radius 1 is 0.412 bits per heavy atom. The van der Waals surface area contributed by atoms with Gasteiger partial charge in [0, 0.05) is 44.7 Å². The summed E-state index contributed by atoms with van der Waals surface area (Å²) in [5.41, 5.74) is 27.6. The Labute approximate surface area is 404 Å². The molecule has 7 aromatic carbocycles. The van der Waals surface area contributed by atoms with Gasteiger partial charge in [0.05, 0.1) is 11.1 Å². The Balaban J connectivity index is 1.17. The van der Waals surface area contributed by atoms with Gasteiger partial charge in [-0.05, 0) is 169 Å². The van der Waals surface area contributed by atoms with Crippen LogP contribution in [0.4, 0.5) is 34.1 Å². The summed E-state index contributed by atoms with van der Waals surface area (Å²) < 4.78 is 6.67. The number of furan rings is 1. The lowest BCUT2D eigenvalue weighted by atomic mass is 9.33. The highest BCUT2D eigenvalue weighted by Crippen LogP contribution is 2.57. The molecule has 3 heterocycles. The molecule has 0 fully saturated rings. The van der Waals surface area contributed by atoms with E-state index in [1.807, 2.05) is 0 Å². The Kier molecular flexibility index (Phi) is 8.05. The molecule has 0 unspecified atom stereocenters. The number of fused-ring (bicyclic) bond motifs is 11.